The van der Waals surface area contributed by atoms with Gasteiger partial charge in [0.15, 0.2) is 5.96 Å². The summed E-state index contributed by atoms with van der Waals surface area (Å²) >= 11 is 2.02. The Hall–Kier alpha value is -1.99. The molecule has 0 atom stereocenters. The van der Waals surface area contributed by atoms with Crippen molar-refractivity contribution >= 4 is 17.7 Å². The van der Waals surface area contributed by atoms with Crippen LogP contribution in [0, 0.1) is 6.92 Å². The lowest BCUT2D eigenvalue weighted by atomic mass is 9.99. The first-order valence-electron chi connectivity index (χ1n) is 10.4. The minimum atomic E-state index is 0.218. The number of nitrogens with one attached hydrogen (secondary N) is 2. The predicted octanol–water partition coefficient (Wildman–Crippen LogP) is 4.01. The van der Waals surface area contributed by atoms with Crippen LogP contribution in [0.3, 0.4) is 0 Å². The fourth-order valence-electron chi connectivity index (χ4n) is 3.38. The number of oxazole rings is 1. The van der Waals surface area contributed by atoms with Crippen molar-refractivity contribution in [3.05, 3.63) is 41.8 Å². The van der Waals surface area contributed by atoms with Crippen LogP contribution in [0.25, 0.3) is 11.5 Å². The van der Waals surface area contributed by atoms with Crippen LogP contribution in [0.2, 0.25) is 0 Å². The number of guanidine groups is 1. The number of thioether (sulfide) groups is 1. The minimum Gasteiger partial charge on any atom is -0.444 e. The van der Waals surface area contributed by atoms with E-state index in [1.807, 2.05) is 23.9 Å². The Balaban J connectivity index is 1.62. The highest BCUT2D eigenvalue weighted by atomic mass is 32.2. The summed E-state index contributed by atoms with van der Waals surface area (Å²) in [5, 5.41) is 6.87. The summed E-state index contributed by atoms with van der Waals surface area (Å²) in [5.74, 6) is 2.56. The number of aliphatic imine (C=N–C) groups is 1. The van der Waals surface area contributed by atoms with Crippen LogP contribution < -0.4 is 10.6 Å². The monoisotopic (exact) mass is 416 g/mol. The highest BCUT2D eigenvalue weighted by molar-refractivity contribution is 8.00. The van der Waals surface area contributed by atoms with Gasteiger partial charge in [-0.1, -0.05) is 24.6 Å². The Morgan fingerprint density at radius 3 is 2.62 bits per heavy atom. The van der Waals surface area contributed by atoms with Gasteiger partial charge in [0, 0.05) is 36.6 Å². The van der Waals surface area contributed by atoms with Gasteiger partial charge in [-0.05, 0) is 44.6 Å². The molecule has 0 bridgehead atoms. The molecule has 3 rings (SSSR count). The smallest absolute Gasteiger partial charge is 0.226 e. The molecule has 2 heterocycles. The molecule has 0 saturated carbocycles. The number of hydrogen-bond acceptors (Lipinski definition) is 5. The molecule has 0 amide bonds. The highest BCUT2D eigenvalue weighted by Gasteiger charge is 2.32. The fraction of sp³-hybridized carbons (Fsp3) is 0.545. The van der Waals surface area contributed by atoms with Crippen molar-refractivity contribution < 1.29 is 9.15 Å². The average molecular weight is 417 g/mol. The lowest BCUT2D eigenvalue weighted by Crippen LogP contribution is -2.48. The van der Waals surface area contributed by atoms with Gasteiger partial charge in [0.25, 0.3) is 0 Å². The van der Waals surface area contributed by atoms with E-state index in [0.29, 0.717) is 12.4 Å². The molecular weight excluding hydrogens is 384 g/mol. The van der Waals surface area contributed by atoms with Crippen LogP contribution in [-0.2, 0) is 11.3 Å². The summed E-state index contributed by atoms with van der Waals surface area (Å²) < 4.78 is 11.4. The van der Waals surface area contributed by atoms with E-state index in [4.69, 9.17) is 14.1 Å². The van der Waals surface area contributed by atoms with Crippen molar-refractivity contribution in [3.8, 4) is 11.5 Å². The van der Waals surface area contributed by atoms with E-state index in [9.17, 15) is 0 Å². The van der Waals surface area contributed by atoms with Gasteiger partial charge in [0.2, 0.25) is 5.89 Å². The molecule has 1 aliphatic heterocycles. The van der Waals surface area contributed by atoms with E-state index in [0.717, 1.165) is 62.1 Å². The van der Waals surface area contributed by atoms with Gasteiger partial charge >= 0.3 is 0 Å². The first-order valence-corrected chi connectivity index (χ1v) is 11.4. The number of nitrogens with zero attached hydrogens (tertiary/aromatic N) is 2. The van der Waals surface area contributed by atoms with Crippen molar-refractivity contribution in [2.45, 2.75) is 44.9 Å². The summed E-state index contributed by atoms with van der Waals surface area (Å²) in [4.78, 5) is 9.30. The maximum atomic E-state index is 5.65. The van der Waals surface area contributed by atoms with Crippen LogP contribution in [-0.4, -0.2) is 47.7 Å². The number of benzene rings is 1. The molecule has 1 aliphatic rings. The summed E-state index contributed by atoms with van der Waals surface area (Å²) in [6.45, 7) is 10.2. The third kappa shape index (κ3) is 6.24. The Morgan fingerprint density at radius 2 is 1.93 bits per heavy atom. The number of rotatable bonds is 8. The van der Waals surface area contributed by atoms with Crippen LogP contribution in [0.4, 0.5) is 0 Å². The number of aryl methyl sites for hydroxylation is 1. The average Bonchev–Trinajstić information content (AvgIpc) is 3.21. The molecule has 1 aromatic heterocycles. The maximum Gasteiger partial charge on any atom is 0.226 e. The van der Waals surface area contributed by atoms with Gasteiger partial charge in [-0.15, -0.1) is 0 Å². The van der Waals surface area contributed by atoms with Gasteiger partial charge in [-0.3, -0.25) is 0 Å². The van der Waals surface area contributed by atoms with Crippen LogP contribution >= 0.6 is 11.8 Å². The minimum absolute atomic E-state index is 0.218. The standard InChI is InChI=1S/C22H32N4O2S/c1-4-23-21(25-16-22(29-5-2)10-12-27-13-11-22)24-14-19-15-28-20(26-19)18-8-6-17(3)7-9-18/h6-9,15H,4-5,10-14,16H2,1-3H3,(H2,23,24,25). The summed E-state index contributed by atoms with van der Waals surface area (Å²) in [6, 6.07) is 8.17. The van der Waals surface area contributed by atoms with E-state index in [2.05, 4.69) is 48.5 Å². The van der Waals surface area contributed by atoms with Gasteiger partial charge in [0.1, 0.15) is 12.0 Å². The fourth-order valence-corrected chi connectivity index (χ4v) is 4.62. The molecule has 1 saturated heterocycles. The predicted molar refractivity (Wildman–Crippen MR) is 120 cm³/mol. The van der Waals surface area contributed by atoms with Crippen LogP contribution in [0.5, 0.6) is 0 Å². The van der Waals surface area contributed by atoms with Crippen molar-refractivity contribution in [3.63, 3.8) is 0 Å². The van der Waals surface area contributed by atoms with E-state index >= 15 is 0 Å². The molecule has 1 fully saturated rings. The largest absolute Gasteiger partial charge is 0.444 e. The lowest BCUT2D eigenvalue weighted by molar-refractivity contribution is 0.0782. The zero-order valence-electron chi connectivity index (χ0n) is 17.7. The van der Waals surface area contributed by atoms with E-state index in [1.165, 1.54) is 5.56 Å². The molecule has 29 heavy (non-hydrogen) atoms. The maximum absolute atomic E-state index is 5.65. The van der Waals surface area contributed by atoms with Gasteiger partial charge < -0.3 is 19.8 Å². The molecule has 2 N–H and O–H groups in total. The molecule has 0 spiro atoms. The first-order chi connectivity index (χ1) is 14.1. The van der Waals surface area contributed by atoms with Crippen molar-refractivity contribution in [1.82, 2.24) is 15.6 Å². The zero-order valence-corrected chi connectivity index (χ0v) is 18.5. The zero-order chi connectivity index (χ0) is 20.5. The van der Waals surface area contributed by atoms with E-state index < -0.39 is 0 Å². The van der Waals surface area contributed by atoms with Crippen LogP contribution in [0.15, 0.2) is 39.9 Å². The molecule has 158 valence electrons. The molecule has 1 aromatic carbocycles. The Bertz CT molecular complexity index is 777. The quantitative estimate of drug-likeness (QED) is 0.500. The van der Waals surface area contributed by atoms with Crippen molar-refractivity contribution in [1.29, 1.82) is 0 Å². The second-order valence-corrected chi connectivity index (χ2v) is 9.02. The third-order valence-electron chi connectivity index (χ3n) is 5.03. The summed E-state index contributed by atoms with van der Waals surface area (Å²) in [6.07, 6.45) is 3.83. The lowest BCUT2D eigenvalue weighted by Gasteiger charge is -2.37. The Labute approximate surface area is 177 Å². The molecule has 6 nitrogen and oxygen atoms in total. The SMILES string of the molecule is CCNC(=NCc1coc(-c2ccc(C)cc2)n1)NCC1(SCC)CCOCC1. The second-order valence-electron chi connectivity index (χ2n) is 7.29. The van der Waals surface area contributed by atoms with Crippen molar-refractivity contribution in [2.24, 2.45) is 4.99 Å². The number of hydrogen-bond donors (Lipinski definition) is 2. The van der Waals surface area contributed by atoms with Gasteiger partial charge in [-0.25, -0.2) is 9.98 Å². The molecular formula is C22H32N4O2S. The van der Waals surface area contributed by atoms with Gasteiger partial charge in [-0.2, -0.15) is 11.8 Å². The van der Waals surface area contributed by atoms with E-state index in [1.54, 1.807) is 6.26 Å². The molecule has 0 aliphatic carbocycles. The Kier molecular flexibility index (Phi) is 8.00. The van der Waals surface area contributed by atoms with Gasteiger partial charge in [0.05, 0.1) is 6.54 Å². The first kappa shape index (κ1) is 21.7. The number of aromatic nitrogens is 1. The Morgan fingerprint density at radius 1 is 1.17 bits per heavy atom. The molecule has 0 radical (unpaired) electrons. The number of ether oxygens (including phenoxy) is 1. The third-order valence-corrected chi connectivity index (χ3v) is 6.48. The van der Waals surface area contributed by atoms with Crippen molar-refractivity contribution in [2.75, 3.05) is 32.1 Å². The second kappa shape index (κ2) is 10.7. The summed E-state index contributed by atoms with van der Waals surface area (Å²) in [5.41, 5.74) is 3.02. The van der Waals surface area contributed by atoms with Crippen LogP contribution in [0.1, 0.15) is 37.9 Å². The molecule has 2 aromatic rings. The van der Waals surface area contributed by atoms with E-state index in [-0.39, 0.29) is 4.75 Å². The highest BCUT2D eigenvalue weighted by Crippen LogP contribution is 2.34. The summed E-state index contributed by atoms with van der Waals surface area (Å²) in [7, 11) is 0. The molecule has 7 heteroatoms. The topological polar surface area (TPSA) is 71.7 Å². The molecule has 0 unspecified atom stereocenters. The normalized spacial score (nSPS) is 16.6.